The van der Waals surface area contributed by atoms with Crippen molar-refractivity contribution in [2.75, 3.05) is 0 Å². The van der Waals surface area contributed by atoms with Crippen LogP contribution < -0.4 is 21.1 Å². The van der Waals surface area contributed by atoms with Gasteiger partial charge in [-0.05, 0) is 41.5 Å². The Morgan fingerprint density at radius 2 is 1.62 bits per heavy atom. The number of carbonyl (C=O) groups is 3. The van der Waals surface area contributed by atoms with Gasteiger partial charge in [-0.2, -0.15) is 0 Å². The standard InChI is InChI=1S/C28H39N5O6S/c1-5-18(4)24(33-40(38,39)16-20-7-6-8-22(14-20)28(36)37)27(35)32-23(13-17(2)3)26(34)31-15-19-9-11-21(12-10-19)25(29)30/h6-12,14,17-18,23-24,33H,5,13,15-16H2,1-4H3,(H3,29,30)(H,31,34)(H,32,35)(H,36,37)/t18?,23-,24+/m1/s1. The van der Waals surface area contributed by atoms with Crippen molar-refractivity contribution >= 4 is 33.6 Å². The lowest BCUT2D eigenvalue weighted by molar-refractivity contribution is -0.130. The van der Waals surface area contributed by atoms with Crippen LogP contribution in [0.4, 0.5) is 0 Å². The van der Waals surface area contributed by atoms with E-state index in [-0.39, 0.29) is 35.3 Å². The first-order chi connectivity index (χ1) is 18.7. The molecule has 11 nitrogen and oxygen atoms in total. The highest BCUT2D eigenvalue weighted by Gasteiger charge is 2.32. The number of nitrogens with one attached hydrogen (secondary N) is 4. The van der Waals surface area contributed by atoms with Crippen molar-refractivity contribution in [2.24, 2.45) is 17.6 Å². The van der Waals surface area contributed by atoms with Gasteiger partial charge in [0.2, 0.25) is 21.8 Å². The molecule has 0 bridgehead atoms. The zero-order valence-corrected chi connectivity index (χ0v) is 24.0. The van der Waals surface area contributed by atoms with Crippen molar-refractivity contribution in [3.63, 3.8) is 0 Å². The number of nitrogens with two attached hydrogens (primary N) is 1. The summed E-state index contributed by atoms with van der Waals surface area (Å²) < 4.78 is 28.5. The van der Waals surface area contributed by atoms with Crippen LogP contribution in [0.1, 0.15) is 67.6 Å². The fraction of sp³-hybridized carbons (Fsp3) is 0.429. The van der Waals surface area contributed by atoms with E-state index < -0.39 is 45.6 Å². The monoisotopic (exact) mass is 573 g/mol. The highest BCUT2D eigenvalue weighted by Crippen LogP contribution is 2.15. The third kappa shape index (κ3) is 10.1. The summed E-state index contributed by atoms with van der Waals surface area (Å²) in [5.41, 5.74) is 7.05. The van der Waals surface area contributed by atoms with Gasteiger partial charge < -0.3 is 21.5 Å². The van der Waals surface area contributed by atoms with Crippen LogP contribution in [-0.4, -0.2) is 49.2 Å². The molecule has 2 amide bonds. The summed E-state index contributed by atoms with van der Waals surface area (Å²) in [5.74, 6) is -3.10. The van der Waals surface area contributed by atoms with Gasteiger partial charge in [0.15, 0.2) is 0 Å². The van der Waals surface area contributed by atoms with Crippen LogP contribution in [0.2, 0.25) is 0 Å². The van der Waals surface area contributed by atoms with Gasteiger partial charge in [-0.1, -0.05) is 70.5 Å². The average Bonchev–Trinajstić information content (AvgIpc) is 2.89. The van der Waals surface area contributed by atoms with Crippen molar-refractivity contribution in [2.45, 2.75) is 64.9 Å². The number of carboxylic acid groups (broad SMARTS) is 1. The van der Waals surface area contributed by atoms with Crippen molar-refractivity contribution in [3.8, 4) is 0 Å². The van der Waals surface area contributed by atoms with E-state index in [0.717, 1.165) is 5.56 Å². The Labute approximate surface area is 235 Å². The summed E-state index contributed by atoms with van der Waals surface area (Å²) in [6.45, 7) is 7.57. The third-order valence-electron chi connectivity index (χ3n) is 6.40. The normalized spacial score (nSPS) is 13.7. The first-order valence-corrected chi connectivity index (χ1v) is 14.7. The molecule has 0 spiro atoms. The fourth-order valence-corrected chi connectivity index (χ4v) is 5.42. The van der Waals surface area contributed by atoms with E-state index in [2.05, 4.69) is 15.4 Å². The first-order valence-electron chi connectivity index (χ1n) is 13.1. The molecule has 2 rings (SSSR count). The molecular weight excluding hydrogens is 534 g/mol. The predicted octanol–water partition coefficient (Wildman–Crippen LogP) is 2.35. The van der Waals surface area contributed by atoms with Crippen molar-refractivity contribution in [1.82, 2.24) is 15.4 Å². The van der Waals surface area contributed by atoms with Crippen molar-refractivity contribution < 1.29 is 27.9 Å². The molecule has 218 valence electrons. The number of amides is 2. The van der Waals surface area contributed by atoms with Crippen LogP contribution in [0.25, 0.3) is 0 Å². The fourth-order valence-electron chi connectivity index (χ4n) is 3.99. The molecule has 0 saturated heterocycles. The highest BCUT2D eigenvalue weighted by atomic mass is 32.2. The molecule has 0 aromatic heterocycles. The number of sulfonamides is 1. The number of hydrogen-bond acceptors (Lipinski definition) is 6. The van der Waals surface area contributed by atoms with Gasteiger partial charge in [0, 0.05) is 12.1 Å². The Bertz CT molecular complexity index is 1310. The van der Waals surface area contributed by atoms with E-state index in [0.29, 0.717) is 18.4 Å². The minimum absolute atomic E-state index is 0.0405. The van der Waals surface area contributed by atoms with Crippen molar-refractivity contribution in [3.05, 3.63) is 70.8 Å². The summed E-state index contributed by atoms with van der Waals surface area (Å²) in [7, 11) is -4.04. The van der Waals surface area contributed by atoms with Crippen LogP contribution in [0, 0.1) is 17.2 Å². The van der Waals surface area contributed by atoms with Crippen LogP contribution in [0.3, 0.4) is 0 Å². The maximum absolute atomic E-state index is 13.4. The average molecular weight is 574 g/mol. The van der Waals surface area contributed by atoms with Crippen LogP contribution in [-0.2, 0) is 31.9 Å². The molecule has 0 heterocycles. The van der Waals surface area contributed by atoms with E-state index >= 15 is 0 Å². The van der Waals surface area contributed by atoms with E-state index in [1.807, 2.05) is 20.8 Å². The molecule has 1 unspecified atom stereocenters. The molecule has 0 aliphatic carbocycles. The Kier molecular flexibility index (Phi) is 11.8. The predicted molar refractivity (Wildman–Crippen MR) is 153 cm³/mol. The molecule has 0 saturated carbocycles. The number of carbonyl (C=O) groups excluding carboxylic acids is 2. The minimum Gasteiger partial charge on any atom is -0.478 e. The Hall–Kier alpha value is -3.77. The molecule has 7 N–H and O–H groups in total. The maximum atomic E-state index is 13.4. The summed E-state index contributed by atoms with van der Waals surface area (Å²) in [5, 5.41) is 22.2. The van der Waals surface area contributed by atoms with Crippen LogP contribution in [0.15, 0.2) is 48.5 Å². The second-order valence-electron chi connectivity index (χ2n) is 10.3. The number of hydrogen-bond donors (Lipinski definition) is 6. The quantitative estimate of drug-likeness (QED) is 0.139. The smallest absolute Gasteiger partial charge is 0.335 e. The number of carboxylic acids is 1. The van der Waals surface area contributed by atoms with Gasteiger partial charge in [0.05, 0.1) is 11.3 Å². The first kappa shape index (κ1) is 32.4. The molecule has 3 atom stereocenters. The van der Waals surface area contributed by atoms with E-state index in [1.165, 1.54) is 24.3 Å². The molecule has 40 heavy (non-hydrogen) atoms. The lowest BCUT2D eigenvalue weighted by Crippen LogP contribution is -2.55. The molecule has 12 heteroatoms. The van der Waals surface area contributed by atoms with Crippen LogP contribution >= 0.6 is 0 Å². The van der Waals surface area contributed by atoms with Gasteiger partial charge in [-0.15, -0.1) is 0 Å². The van der Waals surface area contributed by atoms with Gasteiger partial charge in [0.1, 0.15) is 17.9 Å². The number of amidine groups is 1. The Morgan fingerprint density at radius 3 is 2.17 bits per heavy atom. The molecule has 2 aromatic carbocycles. The Morgan fingerprint density at radius 1 is 0.975 bits per heavy atom. The topological polar surface area (TPSA) is 192 Å². The summed E-state index contributed by atoms with van der Waals surface area (Å²) in [4.78, 5) is 37.7. The lowest BCUT2D eigenvalue weighted by Gasteiger charge is -2.27. The summed E-state index contributed by atoms with van der Waals surface area (Å²) >= 11 is 0. The zero-order valence-electron chi connectivity index (χ0n) is 23.2. The second kappa shape index (κ2) is 14.6. The van der Waals surface area contributed by atoms with E-state index in [9.17, 15) is 27.9 Å². The van der Waals surface area contributed by atoms with Gasteiger partial charge in [-0.25, -0.2) is 17.9 Å². The summed E-state index contributed by atoms with van der Waals surface area (Å²) in [6.07, 6.45) is 0.829. The highest BCUT2D eigenvalue weighted by molar-refractivity contribution is 7.88. The maximum Gasteiger partial charge on any atom is 0.335 e. The number of benzene rings is 2. The zero-order chi connectivity index (χ0) is 30.0. The van der Waals surface area contributed by atoms with Crippen LogP contribution in [0.5, 0.6) is 0 Å². The number of rotatable bonds is 15. The molecule has 0 radical (unpaired) electrons. The molecule has 0 fully saturated rings. The second-order valence-corrected chi connectivity index (χ2v) is 12.0. The van der Waals surface area contributed by atoms with E-state index in [4.69, 9.17) is 11.1 Å². The SMILES string of the molecule is CCC(C)[C@H](NS(=O)(=O)Cc1cccc(C(=O)O)c1)C(=O)N[C@H](CC(C)C)C(=O)NCc1ccc(C(=N)N)cc1. The molecule has 0 aliphatic rings. The largest absolute Gasteiger partial charge is 0.478 e. The summed E-state index contributed by atoms with van der Waals surface area (Å²) in [6, 6.07) is 10.4. The van der Waals surface area contributed by atoms with E-state index in [1.54, 1.807) is 31.2 Å². The van der Waals surface area contributed by atoms with Crippen molar-refractivity contribution in [1.29, 1.82) is 5.41 Å². The molecular formula is C28H39N5O6S. The van der Waals surface area contributed by atoms with Gasteiger partial charge in [-0.3, -0.25) is 15.0 Å². The number of nitrogen functional groups attached to an aromatic ring is 1. The Balaban J connectivity index is 2.15. The minimum atomic E-state index is -4.04. The van der Waals surface area contributed by atoms with Gasteiger partial charge >= 0.3 is 5.97 Å². The molecule has 2 aromatic rings. The molecule has 0 aliphatic heterocycles. The van der Waals surface area contributed by atoms with Gasteiger partial charge in [0.25, 0.3) is 0 Å². The third-order valence-corrected chi connectivity index (χ3v) is 7.73. The lowest BCUT2D eigenvalue weighted by atomic mass is 9.97. The number of aromatic carboxylic acids is 1.